The number of carbonyl (C=O) groups is 1. The van der Waals surface area contributed by atoms with Crippen molar-refractivity contribution in [3.8, 4) is 0 Å². The lowest BCUT2D eigenvalue weighted by Crippen LogP contribution is -2.44. The molecule has 1 aliphatic heterocycles. The molecule has 1 N–H and O–H groups in total. The second-order valence-electron chi connectivity index (χ2n) is 4.91. The molecule has 1 amide bonds. The summed E-state index contributed by atoms with van der Waals surface area (Å²) < 4.78 is 0. The number of carbonyl (C=O) groups excluding carboxylic acids is 1. The summed E-state index contributed by atoms with van der Waals surface area (Å²) in [7, 11) is 0. The lowest BCUT2D eigenvalue weighted by atomic mass is 9.98. The van der Waals surface area contributed by atoms with Gasteiger partial charge in [-0.1, -0.05) is 30.3 Å². The number of aliphatic hydroxyl groups is 1. The predicted octanol–water partition coefficient (Wildman–Crippen LogP) is 1.99. The van der Waals surface area contributed by atoms with E-state index in [4.69, 9.17) is 5.11 Å². The van der Waals surface area contributed by atoms with Gasteiger partial charge in [-0.2, -0.15) is 0 Å². The van der Waals surface area contributed by atoms with E-state index in [2.05, 4.69) is 0 Å². The Morgan fingerprint density at radius 1 is 1.28 bits per heavy atom. The fourth-order valence-electron chi connectivity index (χ4n) is 2.65. The van der Waals surface area contributed by atoms with Gasteiger partial charge in [0.25, 0.3) is 0 Å². The van der Waals surface area contributed by atoms with Crippen LogP contribution < -0.4 is 0 Å². The Hall–Kier alpha value is -1.35. The third kappa shape index (κ3) is 3.33. The van der Waals surface area contributed by atoms with E-state index in [1.165, 1.54) is 6.42 Å². The molecule has 18 heavy (non-hydrogen) atoms. The smallest absolute Gasteiger partial charge is 0.227 e. The van der Waals surface area contributed by atoms with Crippen LogP contribution in [0.4, 0.5) is 0 Å². The molecule has 1 aromatic carbocycles. The van der Waals surface area contributed by atoms with Gasteiger partial charge in [0.2, 0.25) is 5.91 Å². The van der Waals surface area contributed by atoms with E-state index in [-0.39, 0.29) is 18.6 Å². The van der Waals surface area contributed by atoms with Crippen molar-refractivity contribution in [1.82, 2.24) is 4.90 Å². The molecule has 1 saturated heterocycles. The predicted molar refractivity (Wildman–Crippen MR) is 71.2 cm³/mol. The highest BCUT2D eigenvalue weighted by Crippen LogP contribution is 2.20. The van der Waals surface area contributed by atoms with E-state index >= 15 is 0 Å². The Morgan fingerprint density at radius 2 is 2.06 bits per heavy atom. The number of aliphatic hydroxyl groups excluding tert-OH is 1. The Balaban J connectivity index is 1.98. The lowest BCUT2D eigenvalue weighted by Gasteiger charge is -2.35. The first-order valence-corrected chi connectivity index (χ1v) is 6.75. The van der Waals surface area contributed by atoms with E-state index in [0.717, 1.165) is 24.9 Å². The monoisotopic (exact) mass is 247 g/mol. The van der Waals surface area contributed by atoms with Crippen molar-refractivity contribution in [2.75, 3.05) is 13.2 Å². The van der Waals surface area contributed by atoms with Crippen molar-refractivity contribution in [2.45, 2.75) is 38.1 Å². The van der Waals surface area contributed by atoms with Gasteiger partial charge in [-0.05, 0) is 31.2 Å². The van der Waals surface area contributed by atoms with Gasteiger partial charge in [0, 0.05) is 19.2 Å². The molecular weight excluding hydrogens is 226 g/mol. The largest absolute Gasteiger partial charge is 0.396 e. The minimum Gasteiger partial charge on any atom is -0.396 e. The molecule has 3 heteroatoms. The molecule has 1 fully saturated rings. The van der Waals surface area contributed by atoms with Crippen LogP contribution in [0.1, 0.15) is 31.2 Å². The van der Waals surface area contributed by atoms with Crippen LogP contribution in [-0.4, -0.2) is 35.1 Å². The van der Waals surface area contributed by atoms with Gasteiger partial charge in [0.05, 0.1) is 6.42 Å². The van der Waals surface area contributed by atoms with Crippen molar-refractivity contribution in [2.24, 2.45) is 0 Å². The number of benzene rings is 1. The summed E-state index contributed by atoms with van der Waals surface area (Å²) in [6.07, 6.45) is 4.46. The fraction of sp³-hybridized carbons (Fsp3) is 0.533. The van der Waals surface area contributed by atoms with Crippen LogP contribution in [0.5, 0.6) is 0 Å². The molecule has 1 heterocycles. The third-order valence-electron chi connectivity index (χ3n) is 3.61. The molecule has 1 atom stereocenters. The average molecular weight is 247 g/mol. The number of rotatable bonds is 4. The van der Waals surface area contributed by atoms with E-state index in [0.29, 0.717) is 12.8 Å². The summed E-state index contributed by atoms with van der Waals surface area (Å²) in [6, 6.07) is 10.1. The maximum absolute atomic E-state index is 12.3. The van der Waals surface area contributed by atoms with Gasteiger partial charge in [0.1, 0.15) is 0 Å². The van der Waals surface area contributed by atoms with Crippen molar-refractivity contribution < 1.29 is 9.90 Å². The van der Waals surface area contributed by atoms with Crippen molar-refractivity contribution >= 4 is 5.91 Å². The van der Waals surface area contributed by atoms with Crippen LogP contribution in [0.15, 0.2) is 30.3 Å². The quantitative estimate of drug-likeness (QED) is 0.884. The molecule has 3 nitrogen and oxygen atoms in total. The molecule has 0 bridgehead atoms. The van der Waals surface area contributed by atoms with E-state index in [9.17, 15) is 4.79 Å². The molecule has 1 unspecified atom stereocenters. The molecule has 1 aliphatic rings. The van der Waals surface area contributed by atoms with Crippen LogP contribution in [0.2, 0.25) is 0 Å². The van der Waals surface area contributed by atoms with Gasteiger partial charge < -0.3 is 10.0 Å². The normalized spacial score (nSPS) is 19.8. The van der Waals surface area contributed by atoms with Crippen LogP contribution >= 0.6 is 0 Å². The van der Waals surface area contributed by atoms with Gasteiger partial charge in [-0.3, -0.25) is 4.79 Å². The second kappa shape index (κ2) is 6.55. The SMILES string of the molecule is O=C(Cc1ccccc1)N1CCCCC1CCO. The summed E-state index contributed by atoms with van der Waals surface area (Å²) in [5, 5.41) is 9.07. The van der Waals surface area contributed by atoms with Crippen molar-refractivity contribution in [3.63, 3.8) is 0 Å². The van der Waals surface area contributed by atoms with Crippen molar-refractivity contribution in [1.29, 1.82) is 0 Å². The number of hydrogen-bond acceptors (Lipinski definition) is 2. The Bertz CT molecular complexity index is 375. The van der Waals surface area contributed by atoms with Crippen LogP contribution in [0.3, 0.4) is 0 Å². The van der Waals surface area contributed by atoms with Crippen LogP contribution in [0.25, 0.3) is 0 Å². The minimum atomic E-state index is 0.166. The van der Waals surface area contributed by atoms with Gasteiger partial charge in [-0.25, -0.2) is 0 Å². The second-order valence-corrected chi connectivity index (χ2v) is 4.91. The number of hydrogen-bond donors (Lipinski definition) is 1. The van der Waals surface area contributed by atoms with E-state index in [1.54, 1.807) is 0 Å². The molecule has 98 valence electrons. The molecule has 0 radical (unpaired) electrons. The maximum Gasteiger partial charge on any atom is 0.227 e. The highest BCUT2D eigenvalue weighted by atomic mass is 16.3. The van der Waals surface area contributed by atoms with Gasteiger partial charge >= 0.3 is 0 Å². The standard InChI is InChI=1S/C15H21NO2/c17-11-9-14-8-4-5-10-16(14)15(18)12-13-6-2-1-3-7-13/h1-3,6-7,14,17H,4-5,8-12H2. The number of likely N-dealkylation sites (tertiary alicyclic amines) is 1. The summed E-state index contributed by atoms with van der Waals surface area (Å²) in [6.45, 7) is 1.01. The molecule has 0 saturated carbocycles. The zero-order valence-corrected chi connectivity index (χ0v) is 10.7. The number of nitrogens with zero attached hydrogens (tertiary/aromatic N) is 1. The van der Waals surface area contributed by atoms with Gasteiger partial charge in [0.15, 0.2) is 0 Å². The number of amides is 1. The van der Waals surface area contributed by atoms with Gasteiger partial charge in [-0.15, -0.1) is 0 Å². The zero-order valence-electron chi connectivity index (χ0n) is 10.7. The molecule has 1 aromatic rings. The Kier molecular flexibility index (Phi) is 4.76. The summed E-state index contributed by atoms with van der Waals surface area (Å²) >= 11 is 0. The van der Waals surface area contributed by atoms with E-state index in [1.807, 2.05) is 35.2 Å². The first kappa shape index (κ1) is 13.1. The molecular formula is C15H21NO2. The third-order valence-corrected chi connectivity index (χ3v) is 3.61. The summed E-state index contributed by atoms with van der Waals surface area (Å²) in [4.78, 5) is 14.3. The Labute approximate surface area is 108 Å². The zero-order chi connectivity index (χ0) is 12.8. The topological polar surface area (TPSA) is 40.5 Å². The molecule has 0 aliphatic carbocycles. The minimum absolute atomic E-state index is 0.166. The van der Waals surface area contributed by atoms with E-state index < -0.39 is 0 Å². The first-order valence-electron chi connectivity index (χ1n) is 6.75. The highest BCUT2D eigenvalue weighted by Gasteiger charge is 2.25. The molecule has 2 rings (SSSR count). The van der Waals surface area contributed by atoms with Crippen LogP contribution in [-0.2, 0) is 11.2 Å². The average Bonchev–Trinajstić information content (AvgIpc) is 2.41. The first-order chi connectivity index (χ1) is 8.81. The lowest BCUT2D eigenvalue weighted by molar-refractivity contribution is -0.134. The van der Waals surface area contributed by atoms with Crippen molar-refractivity contribution in [3.05, 3.63) is 35.9 Å². The highest BCUT2D eigenvalue weighted by molar-refractivity contribution is 5.79. The molecule has 0 spiro atoms. The molecule has 0 aromatic heterocycles. The number of piperidine rings is 1. The Morgan fingerprint density at radius 3 is 2.78 bits per heavy atom. The summed E-state index contributed by atoms with van der Waals surface area (Å²) in [5.41, 5.74) is 1.07. The fourth-order valence-corrected chi connectivity index (χ4v) is 2.65. The summed E-state index contributed by atoms with van der Waals surface area (Å²) in [5.74, 6) is 0.194. The maximum atomic E-state index is 12.3. The van der Waals surface area contributed by atoms with Crippen LogP contribution in [0, 0.1) is 0 Å².